The predicted octanol–water partition coefficient (Wildman–Crippen LogP) is 4.40. The van der Waals surface area contributed by atoms with Gasteiger partial charge in [0.1, 0.15) is 6.10 Å². The molecule has 0 bridgehead atoms. The Morgan fingerprint density at radius 2 is 1.58 bits per heavy atom. The Bertz CT molecular complexity index is 783. The van der Waals surface area contributed by atoms with Gasteiger partial charge in [-0.3, -0.25) is 9.59 Å². The molecule has 0 aromatic heterocycles. The third-order valence-corrected chi connectivity index (χ3v) is 10.9. The number of rotatable bonds is 5. The summed E-state index contributed by atoms with van der Waals surface area (Å²) < 4.78 is 10.7. The molecule has 0 saturated heterocycles. The number of carbonyl (C=O) groups is 2. The standard InChI is InChI=1S/C27H44O6/c1-17-15-21-22-9-13-26(30,10-6-14-32-18(2)28)24(22,4)12-8-23(21)25(5)11-7-20(33-19(3)29)16-27(17,25)31/h17,20-23,30-31H,6-16H2,1-5H3/t17-,20-,21-,22-,23-,24-,25+,26-,27-/m0/s1. The number of hydrogen-bond donors (Lipinski definition) is 2. The van der Waals surface area contributed by atoms with E-state index in [9.17, 15) is 19.8 Å². The second-order valence-corrected chi connectivity index (χ2v) is 12.3. The third-order valence-electron chi connectivity index (χ3n) is 10.9. The van der Waals surface area contributed by atoms with E-state index in [1.54, 1.807) is 0 Å². The fourth-order valence-electron chi connectivity index (χ4n) is 9.08. The van der Waals surface area contributed by atoms with Crippen LogP contribution in [0.2, 0.25) is 0 Å². The maximum Gasteiger partial charge on any atom is 0.302 e. The van der Waals surface area contributed by atoms with Crippen LogP contribution >= 0.6 is 0 Å². The molecule has 9 atom stereocenters. The van der Waals surface area contributed by atoms with E-state index in [1.807, 2.05) is 0 Å². The van der Waals surface area contributed by atoms with Crippen LogP contribution in [-0.2, 0) is 19.1 Å². The summed E-state index contributed by atoms with van der Waals surface area (Å²) in [4.78, 5) is 22.7. The van der Waals surface area contributed by atoms with Crippen LogP contribution in [0.15, 0.2) is 0 Å². The van der Waals surface area contributed by atoms with Crippen molar-refractivity contribution in [2.75, 3.05) is 6.61 Å². The summed E-state index contributed by atoms with van der Waals surface area (Å²) in [6.07, 6.45) is 8.19. The summed E-state index contributed by atoms with van der Waals surface area (Å²) in [6.45, 7) is 10.0. The Morgan fingerprint density at radius 3 is 2.24 bits per heavy atom. The first kappa shape index (κ1) is 25.0. The highest BCUT2D eigenvalue weighted by atomic mass is 16.5. The molecule has 188 valence electrons. The molecule has 4 rings (SSSR count). The first-order valence-corrected chi connectivity index (χ1v) is 13.1. The molecule has 0 aromatic rings. The van der Waals surface area contributed by atoms with Crippen molar-refractivity contribution in [3.63, 3.8) is 0 Å². The lowest BCUT2D eigenvalue weighted by Gasteiger charge is -2.66. The van der Waals surface area contributed by atoms with Crippen molar-refractivity contribution < 1.29 is 29.3 Å². The van der Waals surface area contributed by atoms with Crippen LogP contribution in [0, 0.1) is 34.5 Å². The third kappa shape index (κ3) is 3.84. The lowest BCUT2D eigenvalue weighted by atomic mass is 9.41. The van der Waals surface area contributed by atoms with Gasteiger partial charge in [0, 0.05) is 20.3 Å². The van der Waals surface area contributed by atoms with Gasteiger partial charge in [-0.05, 0) is 92.3 Å². The molecule has 33 heavy (non-hydrogen) atoms. The Kier molecular flexibility index (Phi) is 6.44. The SMILES string of the molecule is CC(=O)OCCC[C@]1(O)CC[C@H]2[C@@H]3C[C@H](C)[C@@]4(O)C[C@@H](OC(C)=O)CC[C@]4(C)[C@H]3CC[C@@]21C. The van der Waals surface area contributed by atoms with Gasteiger partial charge in [-0.1, -0.05) is 20.8 Å². The highest BCUT2D eigenvalue weighted by Gasteiger charge is 2.68. The summed E-state index contributed by atoms with van der Waals surface area (Å²) in [5.41, 5.74) is -1.86. The van der Waals surface area contributed by atoms with E-state index < -0.39 is 11.2 Å². The van der Waals surface area contributed by atoms with Crippen LogP contribution in [0.3, 0.4) is 0 Å². The number of carbonyl (C=O) groups excluding carboxylic acids is 2. The van der Waals surface area contributed by atoms with Crippen molar-refractivity contribution in [2.24, 2.45) is 34.5 Å². The molecule has 2 N–H and O–H groups in total. The van der Waals surface area contributed by atoms with Crippen LogP contribution < -0.4 is 0 Å². The summed E-state index contributed by atoms with van der Waals surface area (Å²) in [7, 11) is 0. The van der Waals surface area contributed by atoms with Gasteiger partial charge in [0.2, 0.25) is 0 Å². The predicted molar refractivity (Wildman–Crippen MR) is 124 cm³/mol. The van der Waals surface area contributed by atoms with Crippen molar-refractivity contribution in [3.8, 4) is 0 Å². The van der Waals surface area contributed by atoms with Crippen LogP contribution in [0.25, 0.3) is 0 Å². The molecule has 6 nitrogen and oxygen atoms in total. The topological polar surface area (TPSA) is 93.1 Å². The lowest BCUT2D eigenvalue weighted by molar-refractivity contribution is -0.251. The van der Waals surface area contributed by atoms with Gasteiger partial charge < -0.3 is 19.7 Å². The molecule has 4 aliphatic carbocycles. The van der Waals surface area contributed by atoms with Gasteiger partial charge in [-0.25, -0.2) is 0 Å². The van der Waals surface area contributed by atoms with Crippen LogP contribution in [0.5, 0.6) is 0 Å². The largest absolute Gasteiger partial charge is 0.466 e. The molecular formula is C27H44O6. The van der Waals surface area contributed by atoms with Gasteiger partial charge in [0.05, 0.1) is 17.8 Å². The summed E-state index contributed by atoms with van der Waals surface area (Å²) >= 11 is 0. The number of aliphatic hydroxyl groups is 2. The van der Waals surface area contributed by atoms with Crippen molar-refractivity contribution in [2.45, 2.75) is 116 Å². The zero-order valence-corrected chi connectivity index (χ0v) is 21.2. The van der Waals surface area contributed by atoms with Crippen LogP contribution in [0.4, 0.5) is 0 Å². The van der Waals surface area contributed by atoms with Gasteiger partial charge >= 0.3 is 11.9 Å². The van der Waals surface area contributed by atoms with E-state index in [-0.39, 0.29) is 34.8 Å². The highest BCUT2D eigenvalue weighted by Crippen LogP contribution is 2.70. The minimum Gasteiger partial charge on any atom is -0.466 e. The molecule has 4 fully saturated rings. The van der Waals surface area contributed by atoms with Crippen molar-refractivity contribution >= 4 is 11.9 Å². The van der Waals surface area contributed by atoms with E-state index in [1.165, 1.54) is 13.8 Å². The molecule has 0 heterocycles. The molecule has 4 saturated carbocycles. The Balaban J connectivity index is 1.53. The number of esters is 2. The number of ether oxygens (including phenoxy) is 2. The minimum atomic E-state index is -0.820. The Hall–Kier alpha value is -1.14. The summed E-state index contributed by atoms with van der Waals surface area (Å²) in [5, 5.41) is 23.8. The summed E-state index contributed by atoms with van der Waals surface area (Å²) in [6, 6.07) is 0. The maximum absolute atomic E-state index is 12.1. The first-order chi connectivity index (χ1) is 15.4. The smallest absolute Gasteiger partial charge is 0.302 e. The van der Waals surface area contributed by atoms with Gasteiger partial charge in [-0.15, -0.1) is 0 Å². The second kappa shape index (κ2) is 8.51. The average molecular weight is 465 g/mol. The van der Waals surface area contributed by atoms with Gasteiger partial charge in [0.25, 0.3) is 0 Å². The Morgan fingerprint density at radius 1 is 0.939 bits per heavy atom. The van der Waals surface area contributed by atoms with Gasteiger partial charge in [-0.2, -0.15) is 0 Å². The number of hydrogen-bond acceptors (Lipinski definition) is 6. The fraction of sp³-hybridized carbons (Fsp3) is 0.926. The highest BCUT2D eigenvalue weighted by molar-refractivity contribution is 5.66. The molecule has 0 aliphatic heterocycles. The molecule has 0 spiro atoms. The van der Waals surface area contributed by atoms with E-state index in [0.717, 1.165) is 44.9 Å². The summed E-state index contributed by atoms with van der Waals surface area (Å²) in [5.74, 6) is 0.974. The molecule has 4 aliphatic rings. The van der Waals surface area contributed by atoms with E-state index in [4.69, 9.17) is 9.47 Å². The zero-order chi connectivity index (χ0) is 24.2. The van der Waals surface area contributed by atoms with Crippen molar-refractivity contribution in [1.82, 2.24) is 0 Å². The minimum absolute atomic E-state index is 0.127. The lowest BCUT2D eigenvalue weighted by Crippen LogP contribution is -2.66. The normalized spacial score (nSPS) is 48.9. The molecule has 0 radical (unpaired) electrons. The van der Waals surface area contributed by atoms with E-state index >= 15 is 0 Å². The fourth-order valence-corrected chi connectivity index (χ4v) is 9.08. The molecule has 6 heteroatoms. The molecule has 0 unspecified atom stereocenters. The Labute approximate surface area is 198 Å². The number of fused-ring (bicyclic) bond motifs is 5. The second-order valence-electron chi connectivity index (χ2n) is 12.3. The average Bonchev–Trinajstić information content (AvgIpc) is 2.99. The monoisotopic (exact) mass is 464 g/mol. The molecular weight excluding hydrogens is 420 g/mol. The van der Waals surface area contributed by atoms with Gasteiger partial charge in [0.15, 0.2) is 0 Å². The van der Waals surface area contributed by atoms with Crippen molar-refractivity contribution in [1.29, 1.82) is 0 Å². The van der Waals surface area contributed by atoms with Crippen molar-refractivity contribution in [3.05, 3.63) is 0 Å². The molecule has 0 aromatic carbocycles. The first-order valence-electron chi connectivity index (χ1n) is 13.1. The molecule has 0 amide bonds. The van der Waals surface area contributed by atoms with Crippen LogP contribution in [0.1, 0.15) is 98.8 Å². The maximum atomic E-state index is 12.1. The quantitative estimate of drug-likeness (QED) is 0.463. The van der Waals surface area contributed by atoms with Crippen LogP contribution in [-0.4, -0.2) is 46.1 Å². The van der Waals surface area contributed by atoms with E-state index in [0.29, 0.717) is 43.6 Å². The van der Waals surface area contributed by atoms with E-state index in [2.05, 4.69) is 20.8 Å². The zero-order valence-electron chi connectivity index (χ0n) is 21.2.